The maximum Gasteiger partial charge on any atom is 0.271 e. The molecule has 0 bridgehead atoms. The summed E-state index contributed by atoms with van der Waals surface area (Å²) in [6, 6.07) is 6.96. The van der Waals surface area contributed by atoms with Gasteiger partial charge in [-0.2, -0.15) is 0 Å². The van der Waals surface area contributed by atoms with Gasteiger partial charge in [0.2, 0.25) is 5.91 Å². The van der Waals surface area contributed by atoms with E-state index in [2.05, 4.69) is 10.3 Å². The molecule has 142 valence electrons. The fraction of sp³-hybridized carbons (Fsp3) is 0.476. The second-order valence-electron chi connectivity index (χ2n) is 7.61. The Bertz CT molecular complexity index is 796. The van der Waals surface area contributed by atoms with Gasteiger partial charge in [-0.25, -0.2) is 0 Å². The van der Waals surface area contributed by atoms with Gasteiger partial charge < -0.3 is 14.8 Å². The normalized spacial score (nSPS) is 20.4. The molecule has 27 heavy (non-hydrogen) atoms. The van der Waals surface area contributed by atoms with Gasteiger partial charge in [0.15, 0.2) is 0 Å². The van der Waals surface area contributed by atoms with Crippen LogP contribution < -0.4 is 5.32 Å². The number of pyridine rings is 1. The molecule has 6 nitrogen and oxygen atoms in total. The average molecular weight is 366 g/mol. The van der Waals surface area contributed by atoms with Crippen molar-refractivity contribution in [3.05, 3.63) is 54.1 Å². The second-order valence-corrected chi connectivity index (χ2v) is 7.61. The Morgan fingerprint density at radius 3 is 2.81 bits per heavy atom. The third kappa shape index (κ3) is 3.89. The summed E-state index contributed by atoms with van der Waals surface area (Å²) in [4.78, 5) is 31.8. The summed E-state index contributed by atoms with van der Waals surface area (Å²) in [5, 5.41) is 3.12. The molecule has 1 fully saturated rings. The van der Waals surface area contributed by atoms with E-state index in [-0.39, 0.29) is 11.8 Å². The number of carbonyl (C=O) groups is 2. The van der Waals surface area contributed by atoms with Crippen LogP contribution in [0.1, 0.15) is 48.2 Å². The van der Waals surface area contributed by atoms with Crippen molar-refractivity contribution < 1.29 is 9.59 Å². The molecule has 4 rings (SSSR count). The van der Waals surface area contributed by atoms with E-state index in [1.165, 1.54) is 32.1 Å². The first kappa shape index (κ1) is 17.8. The number of rotatable bonds is 5. The zero-order valence-corrected chi connectivity index (χ0v) is 15.5. The molecule has 6 heteroatoms. The molecular weight excluding hydrogens is 340 g/mol. The van der Waals surface area contributed by atoms with Gasteiger partial charge >= 0.3 is 0 Å². The Morgan fingerprint density at radius 1 is 1.19 bits per heavy atom. The quantitative estimate of drug-likeness (QED) is 0.884. The molecule has 0 saturated heterocycles. The van der Waals surface area contributed by atoms with Gasteiger partial charge in [-0.05, 0) is 42.5 Å². The van der Waals surface area contributed by atoms with Crippen LogP contribution in [-0.2, 0) is 17.9 Å². The van der Waals surface area contributed by atoms with Crippen LogP contribution in [-0.4, -0.2) is 38.9 Å². The SMILES string of the molecule is O=C(NCC1CCCCC1)C1Cn2cccc2C(=O)N1Cc1cccnc1. The van der Waals surface area contributed by atoms with E-state index in [0.29, 0.717) is 31.2 Å². The van der Waals surface area contributed by atoms with Crippen molar-refractivity contribution >= 4 is 11.8 Å². The number of hydrogen-bond acceptors (Lipinski definition) is 3. The van der Waals surface area contributed by atoms with E-state index in [4.69, 9.17) is 0 Å². The topological polar surface area (TPSA) is 67.2 Å². The third-order valence-corrected chi connectivity index (χ3v) is 5.72. The zero-order valence-electron chi connectivity index (χ0n) is 15.5. The Kier molecular flexibility index (Phi) is 5.23. The van der Waals surface area contributed by atoms with Crippen LogP contribution in [0.2, 0.25) is 0 Å². The molecule has 2 aromatic heterocycles. The highest BCUT2D eigenvalue weighted by atomic mass is 16.2. The standard InChI is InChI=1S/C21H26N4O2/c26-20(23-13-16-6-2-1-3-7-16)19-15-24-11-5-9-18(24)21(27)25(19)14-17-8-4-10-22-12-17/h4-5,8-12,16,19H,1-3,6-7,13-15H2,(H,23,26). The van der Waals surface area contributed by atoms with Crippen molar-refractivity contribution in [1.82, 2.24) is 19.8 Å². The van der Waals surface area contributed by atoms with Gasteiger partial charge in [-0.1, -0.05) is 25.3 Å². The van der Waals surface area contributed by atoms with Gasteiger partial charge in [-0.3, -0.25) is 14.6 Å². The molecule has 2 amide bonds. The molecule has 2 aromatic rings. The maximum absolute atomic E-state index is 13.0. The number of amides is 2. The van der Waals surface area contributed by atoms with Gasteiger partial charge in [0.05, 0.1) is 6.54 Å². The van der Waals surface area contributed by atoms with Crippen LogP contribution in [0.4, 0.5) is 0 Å². The van der Waals surface area contributed by atoms with Gasteiger partial charge in [0.25, 0.3) is 5.91 Å². The number of aromatic nitrogens is 2. The maximum atomic E-state index is 13.0. The van der Waals surface area contributed by atoms with Crippen LogP contribution in [0.25, 0.3) is 0 Å². The molecule has 1 unspecified atom stereocenters. The number of carbonyl (C=O) groups excluding carboxylic acids is 2. The zero-order chi connectivity index (χ0) is 18.6. The lowest BCUT2D eigenvalue weighted by Gasteiger charge is -2.36. The van der Waals surface area contributed by atoms with Crippen LogP contribution in [0.5, 0.6) is 0 Å². The first-order chi connectivity index (χ1) is 13.2. The molecule has 0 radical (unpaired) electrons. The highest BCUT2D eigenvalue weighted by Gasteiger charge is 2.36. The molecule has 1 aliphatic carbocycles. The minimum atomic E-state index is -0.499. The minimum Gasteiger partial charge on any atom is -0.354 e. The number of nitrogens with one attached hydrogen (secondary N) is 1. The Hall–Kier alpha value is -2.63. The fourth-order valence-electron chi connectivity index (χ4n) is 4.19. The van der Waals surface area contributed by atoms with E-state index < -0.39 is 6.04 Å². The summed E-state index contributed by atoms with van der Waals surface area (Å²) in [6.07, 6.45) is 11.5. The number of fused-ring (bicyclic) bond motifs is 1. The molecule has 0 aromatic carbocycles. The van der Waals surface area contributed by atoms with Crippen molar-refractivity contribution in [2.45, 2.75) is 51.2 Å². The largest absolute Gasteiger partial charge is 0.354 e. The van der Waals surface area contributed by atoms with Crippen LogP contribution in [0.3, 0.4) is 0 Å². The Morgan fingerprint density at radius 2 is 2.04 bits per heavy atom. The molecule has 0 spiro atoms. The molecular formula is C21H26N4O2. The summed E-state index contributed by atoms with van der Waals surface area (Å²) in [5.41, 5.74) is 1.56. The predicted molar refractivity (Wildman–Crippen MR) is 102 cm³/mol. The van der Waals surface area contributed by atoms with Crippen LogP contribution in [0.15, 0.2) is 42.9 Å². The lowest BCUT2D eigenvalue weighted by Crippen LogP contribution is -2.55. The molecule has 2 aliphatic rings. The molecule has 1 atom stereocenters. The highest BCUT2D eigenvalue weighted by Crippen LogP contribution is 2.24. The number of nitrogens with zero attached hydrogens (tertiary/aromatic N) is 3. The molecule has 3 heterocycles. The van der Waals surface area contributed by atoms with E-state index in [1.807, 2.05) is 35.0 Å². The first-order valence-electron chi connectivity index (χ1n) is 9.85. The van der Waals surface area contributed by atoms with Gasteiger partial charge in [0.1, 0.15) is 11.7 Å². The number of hydrogen-bond donors (Lipinski definition) is 1. The van der Waals surface area contributed by atoms with Crippen LogP contribution in [0, 0.1) is 5.92 Å². The monoisotopic (exact) mass is 366 g/mol. The second kappa shape index (κ2) is 7.94. The summed E-state index contributed by atoms with van der Waals surface area (Å²) in [6.45, 7) is 1.59. The highest BCUT2D eigenvalue weighted by molar-refractivity contribution is 5.97. The van der Waals surface area contributed by atoms with Crippen molar-refractivity contribution in [3.63, 3.8) is 0 Å². The fourth-order valence-corrected chi connectivity index (χ4v) is 4.19. The Balaban J connectivity index is 1.50. The third-order valence-electron chi connectivity index (χ3n) is 5.72. The summed E-state index contributed by atoms with van der Waals surface area (Å²) in [7, 11) is 0. The smallest absolute Gasteiger partial charge is 0.271 e. The van der Waals surface area contributed by atoms with Crippen molar-refractivity contribution in [2.24, 2.45) is 5.92 Å². The minimum absolute atomic E-state index is 0.0582. The lowest BCUT2D eigenvalue weighted by atomic mass is 9.89. The predicted octanol–water partition coefficient (Wildman–Crippen LogP) is 2.60. The van der Waals surface area contributed by atoms with Crippen molar-refractivity contribution in [3.8, 4) is 0 Å². The lowest BCUT2D eigenvalue weighted by molar-refractivity contribution is -0.127. The molecule has 1 aliphatic heterocycles. The summed E-state index contributed by atoms with van der Waals surface area (Å²) >= 11 is 0. The summed E-state index contributed by atoms with van der Waals surface area (Å²) in [5.74, 6) is 0.404. The summed E-state index contributed by atoms with van der Waals surface area (Å²) < 4.78 is 1.88. The van der Waals surface area contributed by atoms with E-state index in [1.54, 1.807) is 17.3 Å². The molecule has 1 saturated carbocycles. The average Bonchev–Trinajstić information content (AvgIpc) is 3.19. The molecule has 1 N–H and O–H groups in total. The van der Waals surface area contributed by atoms with E-state index >= 15 is 0 Å². The van der Waals surface area contributed by atoms with Gasteiger partial charge in [0, 0.05) is 31.7 Å². The van der Waals surface area contributed by atoms with Crippen molar-refractivity contribution in [1.29, 1.82) is 0 Å². The van der Waals surface area contributed by atoms with Crippen LogP contribution >= 0.6 is 0 Å². The first-order valence-corrected chi connectivity index (χ1v) is 9.85. The van der Waals surface area contributed by atoms with E-state index in [9.17, 15) is 9.59 Å². The van der Waals surface area contributed by atoms with Gasteiger partial charge in [-0.15, -0.1) is 0 Å². The Labute approximate surface area is 159 Å². The van der Waals surface area contributed by atoms with Crippen molar-refractivity contribution in [2.75, 3.05) is 6.54 Å². The van der Waals surface area contributed by atoms with E-state index in [0.717, 1.165) is 5.56 Å².